The largest absolute Gasteiger partial charge is 0.481 e. The van der Waals surface area contributed by atoms with Gasteiger partial charge in [-0.1, -0.05) is 0 Å². The quantitative estimate of drug-likeness (QED) is 0.728. The lowest BCUT2D eigenvalue weighted by atomic mass is 10.2. The molecule has 7 heteroatoms. The summed E-state index contributed by atoms with van der Waals surface area (Å²) in [6.07, 6.45) is 0.799. The lowest BCUT2D eigenvalue weighted by Crippen LogP contribution is -2.16. The van der Waals surface area contributed by atoms with Gasteiger partial charge in [0.1, 0.15) is 6.42 Å². The Balaban J connectivity index is 1.94. The Morgan fingerprint density at radius 3 is 2.14 bits per heavy atom. The molecule has 21 heavy (non-hydrogen) atoms. The Morgan fingerprint density at radius 1 is 1.00 bits per heavy atom. The zero-order valence-electron chi connectivity index (χ0n) is 10.8. The normalized spacial score (nSPS) is 9.90. The molecule has 1 aromatic heterocycles. The van der Waals surface area contributed by atoms with Crippen LogP contribution in [0.2, 0.25) is 0 Å². The molecule has 1 heterocycles. The highest BCUT2D eigenvalue weighted by atomic mass is 16.4. The van der Waals surface area contributed by atoms with Crippen molar-refractivity contribution in [2.45, 2.75) is 6.42 Å². The van der Waals surface area contributed by atoms with Gasteiger partial charge in [0.05, 0.1) is 6.26 Å². The number of carbonyl (C=O) groups is 3. The van der Waals surface area contributed by atoms with Crippen LogP contribution in [0.25, 0.3) is 0 Å². The predicted molar refractivity (Wildman–Crippen MR) is 74.0 cm³/mol. The highest BCUT2D eigenvalue weighted by Gasteiger charge is 2.10. The van der Waals surface area contributed by atoms with Crippen molar-refractivity contribution in [2.75, 3.05) is 10.6 Å². The van der Waals surface area contributed by atoms with E-state index in [2.05, 4.69) is 10.6 Å². The van der Waals surface area contributed by atoms with E-state index in [1.54, 1.807) is 30.3 Å². The number of carboxylic acid groups (broad SMARTS) is 1. The van der Waals surface area contributed by atoms with Crippen LogP contribution in [0.3, 0.4) is 0 Å². The zero-order valence-corrected chi connectivity index (χ0v) is 10.8. The molecule has 0 saturated carbocycles. The van der Waals surface area contributed by atoms with Crippen LogP contribution < -0.4 is 10.6 Å². The SMILES string of the molecule is O=C(O)CC(=O)Nc1ccc(NC(=O)c2ccco2)cc1. The van der Waals surface area contributed by atoms with Gasteiger partial charge in [-0.25, -0.2) is 0 Å². The average Bonchev–Trinajstić information content (AvgIpc) is 2.94. The Labute approximate surface area is 119 Å². The first-order valence-corrected chi connectivity index (χ1v) is 6.01. The third-order valence-electron chi connectivity index (χ3n) is 2.48. The molecule has 0 atom stereocenters. The fraction of sp³-hybridized carbons (Fsp3) is 0.0714. The number of hydrogen-bond donors (Lipinski definition) is 3. The van der Waals surface area contributed by atoms with Crippen LogP contribution in [-0.4, -0.2) is 22.9 Å². The number of amides is 2. The molecule has 0 fully saturated rings. The van der Waals surface area contributed by atoms with Crippen molar-refractivity contribution in [3.8, 4) is 0 Å². The molecular formula is C14H12N2O5. The Kier molecular flexibility index (Phi) is 4.35. The number of anilines is 2. The first-order valence-electron chi connectivity index (χ1n) is 6.01. The van der Waals surface area contributed by atoms with Crippen molar-refractivity contribution in [3.05, 3.63) is 48.4 Å². The van der Waals surface area contributed by atoms with Crippen molar-refractivity contribution < 1.29 is 23.9 Å². The molecule has 0 bridgehead atoms. The van der Waals surface area contributed by atoms with Crippen molar-refractivity contribution in [3.63, 3.8) is 0 Å². The molecule has 2 aromatic rings. The summed E-state index contributed by atoms with van der Waals surface area (Å²) < 4.78 is 4.96. The Morgan fingerprint density at radius 2 is 1.62 bits per heavy atom. The molecule has 0 saturated heterocycles. The topological polar surface area (TPSA) is 109 Å². The van der Waals surface area contributed by atoms with E-state index in [-0.39, 0.29) is 11.7 Å². The lowest BCUT2D eigenvalue weighted by molar-refractivity contribution is -0.139. The fourth-order valence-corrected chi connectivity index (χ4v) is 1.58. The molecule has 0 aliphatic rings. The number of benzene rings is 1. The van der Waals surface area contributed by atoms with Crippen molar-refractivity contribution in [1.29, 1.82) is 0 Å². The molecule has 2 rings (SSSR count). The molecular weight excluding hydrogens is 276 g/mol. The van der Waals surface area contributed by atoms with Gasteiger partial charge in [-0.2, -0.15) is 0 Å². The summed E-state index contributed by atoms with van der Waals surface area (Å²) in [7, 11) is 0. The van der Waals surface area contributed by atoms with E-state index < -0.39 is 18.3 Å². The lowest BCUT2D eigenvalue weighted by Gasteiger charge is -2.06. The highest BCUT2D eigenvalue weighted by Crippen LogP contribution is 2.15. The highest BCUT2D eigenvalue weighted by molar-refractivity contribution is 6.03. The van der Waals surface area contributed by atoms with Gasteiger partial charge in [0.25, 0.3) is 5.91 Å². The van der Waals surface area contributed by atoms with E-state index in [0.717, 1.165) is 0 Å². The minimum Gasteiger partial charge on any atom is -0.481 e. The van der Waals surface area contributed by atoms with Crippen LogP contribution in [0.5, 0.6) is 0 Å². The molecule has 0 aliphatic carbocycles. The van der Waals surface area contributed by atoms with Crippen molar-refractivity contribution >= 4 is 29.2 Å². The number of furan rings is 1. The number of aliphatic carboxylic acids is 1. The second kappa shape index (κ2) is 6.38. The maximum Gasteiger partial charge on any atom is 0.312 e. The Hall–Kier alpha value is -3.09. The van der Waals surface area contributed by atoms with Gasteiger partial charge in [0.15, 0.2) is 5.76 Å². The molecule has 1 aromatic carbocycles. The second-order valence-corrected chi connectivity index (χ2v) is 4.13. The summed E-state index contributed by atoms with van der Waals surface area (Å²) in [5.74, 6) is -2.01. The number of carbonyl (C=O) groups excluding carboxylic acids is 2. The van der Waals surface area contributed by atoms with Crippen LogP contribution in [0.4, 0.5) is 11.4 Å². The molecule has 3 N–H and O–H groups in total. The number of carboxylic acids is 1. The van der Waals surface area contributed by atoms with E-state index >= 15 is 0 Å². The van der Waals surface area contributed by atoms with Crippen LogP contribution in [0.15, 0.2) is 47.1 Å². The summed E-state index contributed by atoms with van der Waals surface area (Å²) >= 11 is 0. The molecule has 7 nitrogen and oxygen atoms in total. The van der Waals surface area contributed by atoms with Gasteiger partial charge in [-0.15, -0.1) is 0 Å². The van der Waals surface area contributed by atoms with E-state index in [1.165, 1.54) is 12.3 Å². The summed E-state index contributed by atoms with van der Waals surface area (Å²) in [5.41, 5.74) is 0.963. The number of rotatable bonds is 5. The molecule has 0 spiro atoms. The van der Waals surface area contributed by atoms with Crippen LogP contribution in [0.1, 0.15) is 17.0 Å². The van der Waals surface area contributed by atoms with E-state index in [9.17, 15) is 14.4 Å². The third-order valence-corrected chi connectivity index (χ3v) is 2.48. The molecule has 108 valence electrons. The van der Waals surface area contributed by atoms with E-state index in [0.29, 0.717) is 11.4 Å². The van der Waals surface area contributed by atoms with Gasteiger partial charge in [-0.05, 0) is 36.4 Å². The van der Waals surface area contributed by atoms with E-state index in [1.807, 2.05) is 0 Å². The minimum absolute atomic E-state index is 0.189. The zero-order chi connectivity index (χ0) is 15.2. The Bertz CT molecular complexity index is 647. The van der Waals surface area contributed by atoms with E-state index in [4.69, 9.17) is 9.52 Å². The predicted octanol–water partition coefficient (Wildman–Crippen LogP) is 1.95. The first kappa shape index (κ1) is 14.3. The molecule has 0 radical (unpaired) electrons. The maximum absolute atomic E-state index is 11.7. The summed E-state index contributed by atoms with van der Waals surface area (Å²) in [6, 6.07) is 9.41. The molecule has 2 amide bonds. The monoisotopic (exact) mass is 288 g/mol. The summed E-state index contributed by atoms with van der Waals surface area (Å²) in [6.45, 7) is 0. The van der Waals surface area contributed by atoms with Gasteiger partial charge < -0.3 is 20.2 Å². The van der Waals surface area contributed by atoms with Gasteiger partial charge in [0, 0.05) is 11.4 Å². The maximum atomic E-state index is 11.7. The first-order chi connectivity index (χ1) is 10.0. The number of nitrogens with one attached hydrogen (secondary N) is 2. The van der Waals surface area contributed by atoms with Crippen molar-refractivity contribution in [1.82, 2.24) is 0 Å². The molecule has 0 aliphatic heterocycles. The van der Waals surface area contributed by atoms with Crippen LogP contribution >= 0.6 is 0 Å². The second-order valence-electron chi connectivity index (χ2n) is 4.13. The standard InChI is InChI=1S/C14H12N2O5/c17-12(8-13(18)19)15-9-3-5-10(6-4-9)16-14(20)11-2-1-7-21-11/h1-7H,8H2,(H,15,17)(H,16,20)(H,18,19). The third kappa shape index (κ3) is 4.20. The minimum atomic E-state index is -1.20. The smallest absolute Gasteiger partial charge is 0.312 e. The van der Waals surface area contributed by atoms with Crippen molar-refractivity contribution in [2.24, 2.45) is 0 Å². The average molecular weight is 288 g/mol. The van der Waals surface area contributed by atoms with Crippen LogP contribution in [0, 0.1) is 0 Å². The summed E-state index contributed by atoms with van der Waals surface area (Å²) in [5, 5.41) is 13.5. The molecule has 0 unspecified atom stereocenters. The van der Waals surface area contributed by atoms with Gasteiger partial charge in [0.2, 0.25) is 5.91 Å². The van der Waals surface area contributed by atoms with Gasteiger partial charge in [-0.3, -0.25) is 14.4 Å². The summed E-state index contributed by atoms with van der Waals surface area (Å²) in [4.78, 5) is 33.4. The van der Waals surface area contributed by atoms with Gasteiger partial charge >= 0.3 is 5.97 Å². The number of hydrogen-bond acceptors (Lipinski definition) is 4. The van der Waals surface area contributed by atoms with Crippen LogP contribution in [-0.2, 0) is 9.59 Å². The fourth-order valence-electron chi connectivity index (χ4n) is 1.58.